The standard InChI is InChI=1S/C20H18F2N2O5/c1-12(18(25)24-16-5-3-4-6-17(16)29-20(21)22)28-19(26)13(2)27-15-9-7-14(11-23)8-10-15/h3-10,12-13,20H,1-2H3,(H,24,25). The maximum Gasteiger partial charge on any atom is 0.387 e. The van der Waals surface area contributed by atoms with Crippen LogP contribution in [0, 0.1) is 11.3 Å². The molecule has 0 bridgehead atoms. The molecule has 0 radical (unpaired) electrons. The van der Waals surface area contributed by atoms with Crippen LogP contribution in [0.2, 0.25) is 0 Å². The van der Waals surface area contributed by atoms with Crippen molar-refractivity contribution in [1.82, 2.24) is 0 Å². The van der Waals surface area contributed by atoms with Crippen LogP contribution in [-0.2, 0) is 14.3 Å². The van der Waals surface area contributed by atoms with E-state index in [0.29, 0.717) is 11.3 Å². The average Bonchev–Trinajstić information content (AvgIpc) is 2.69. The monoisotopic (exact) mass is 404 g/mol. The minimum atomic E-state index is -3.05. The lowest BCUT2D eigenvalue weighted by Gasteiger charge is -2.18. The third kappa shape index (κ3) is 6.46. The summed E-state index contributed by atoms with van der Waals surface area (Å²) < 4.78 is 39.7. The summed E-state index contributed by atoms with van der Waals surface area (Å²) in [7, 11) is 0. The molecule has 0 spiro atoms. The zero-order valence-electron chi connectivity index (χ0n) is 15.6. The van der Waals surface area contributed by atoms with Crippen LogP contribution in [0.3, 0.4) is 0 Å². The number of rotatable bonds is 8. The molecular weight excluding hydrogens is 386 g/mol. The first-order valence-electron chi connectivity index (χ1n) is 8.52. The minimum Gasteiger partial charge on any atom is -0.479 e. The lowest BCUT2D eigenvalue weighted by atomic mass is 10.2. The molecule has 7 nitrogen and oxygen atoms in total. The van der Waals surface area contributed by atoms with Crippen molar-refractivity contribution in [3.63, 3.8) is 0 Å². The zero-order valence-corrected chi connectivity index (χ0v) is 15.6. The summed E-state index contributed by atoms with van der Waals surface area (Å²) in [5.41, 5.74) is 0.455. The van der Waals surface area contributed by atoms with Crippen molar-refractivity contribution in [2.45, 2.75) is 32.7 Å². The summed E-state index contributed by atoms with van der Waals surface area (Å²) in [6.45, 7) is -0.279. The van der Waals surface area contributed by atoms with E-state index < -0.39 is 30.7 Å². The fraction of sp³-hybridized carbons (Fsp3) is 0.250. The Bertz CT molecular complexity index is 896. The number of nitrogens with zero attached hydrogens (tertiary/aromatic N) is 1. The van der Waals surface area contributed by atoms with Crippen LogP contribution in [-0.4, -0.2) is 30.7 Å². The highest BCUT2D eigenvalue weighted by Crippen LogP contribution is 2.25. The van der Waals surface area contributed by atoms with Crippen LogP contribution >= 0.6 is 0 Å². The highest BCUT2D eigenvalue weighted by molar-refractivity contribution is 5.96. The quantitative estimate of drug-likeness (QED) is 0.677. The smallest absolute Gasteiger partial charge is 0.387 e. The van der Waals surface area contributed by atoms with Crippen molar-refractivity contribution >= 4 is 17.6 Å². The molecule has 9 heteroatoms. The van der Waals surface area contributed by atoms with Crippen molar-refractivity contribution in [2.75, 3.05) is 5.32 Å². The second kappa shape index (κ2) is 10.0. The van der Waals surface area contributed by atoms with Gasteiger partial charge < -0.3 is 19.5 Å². The largest absolute Gasteiger partial charge is 0.479 e. The Kier molecular flexibility index (Phi) is 7.48. The van der Waals surface area contributed by atoms with Crippen LogP contribution < -0.4 is 14.8 Å². The number of benzene rings is 2. The van der Waals surface area contributed by atoms with Gasteiger partial charge in [0.25, 0.3) is 5.91 Å². The number of hydrogen-bond acceptors (Lipinski definition) is 6. The lowest BCUT2D eigenvalue weighted by Crippen LogP contribution is -2.35. The predicted molar refractivity (Wildman–Crippen MR) is 98.5 cm³/mol. The normalized spacial score (nSPS) is 12.4. The van der Waals surface area contributed by atoms with E-state index in [1.165, 1.54) is 62.4 Å². The fourth-order valence-corrected chi connectivity index (χ4v) is 2.19. The van der Waals surface area contributed by atoms with Gasteiger partial charge in [-0.3, -0.25) is 4.79 Å². The number of hydrogen-bond donors (Lipinski definition) is 1. The van der Waals surface area contributed by atoms with E-state index in [0.717, 1.165) is 0 Å². The van der Waals surface area contributed by atoms with Crippen molar-refractivity contribution in [1.29, 1.82) is 5.26 Å². The summed E-state index contributed by atoms with van der Waals surface area (Å²) >= 11 is 0. The SMILES string of the molecule is CC(OC(=O)C(C)Oc1ccc(C#N)cc1)C(=O)Nc1ccccc1OC(F)F. The number of nitrogens with one attached hydrogen (secondary N) is 1. The van der Waals surface area contributed by atoms with E-state index in [2.05, 4.69) is 10.1 Å². The zero-order chi connectivity index (χ0) is 21.4. The van der Waals surface area contributed by atoms with E-state index >= 15 is 0 Å². The number of carbonyl (C=O) groups is 2. The topological polar surface area (TPSA) is 97.7 Å². The van der Waals surface area contributed by atoms with Crippen molar-refractivity contribution < 1.29 is 32.6 Å². The van der Waals surface area contributed by atoms with Gasteiger partial charge in [0, 0.05) is 0 Å². The molecule has 1 amide bonds. The van der Waals surface area contributed by atoms with Gasteiger partial charge in [-0.2, -0.15) is 14.0 Å². The molecule has 0 saturated heterocycles. The Balaban J connectivity index is 1.93. The van der Waals surface area contributed by atoms with E-state index in [9.17, 15) is 18.4 Å². The van der Waals surface area contributed by atoms with Gasteiger partial charge in [0.2, 0.25) is 0 Å². The van der Waals surface area contributed by atoms with E-state index in [1.807, 2.05) is 6.07 Å². The molecule has 2 aromatic rings. The molecule has 29 heavy (non-hydrogen) atoms. The minimum absolute atomic E-state index is 0.0163. The molecule has 152 valence electrons. The van der Waals surface area contributed by atoms with E-state index in [-0.39, 0.29) is 11.4 Å². The third-order valence-electron chi connectivity index (χ3n) is 3.65. The van der Waals surface area contributed by atoms with Gasteiger partial charge >= 0.3 is 12.6 Å². The first-order chi connectivity index (χ1) is 13.8. The Morgan fingerprint density at radius 3 is 2.28 bits per heavy atom. The summed E-state index contributed by atoms with van der Waals surface area (Å²) in [5, 5.41) is 11.1. The van der Waals surface area contributed by atoms with Gasteiger partial charge in [0.15, 0.2) is 12.2 Å². The Morgan fingerprint density at radius 2 is 1.66 bits per heavy atom. The second-order valence-electron chi connectivity index (χ2n) is 5.84. The number of para-hydroxylation sites is 2. The molecule has 0 aliphatic carbocycles. The van der Waals surface area contributed by atoms with Gasteiger partial charge in [-0.25, -0.2) is 4.79 Å². The van der Waals surface area contributed by atoms with Gasteiger partial charge in [-0.05, 0) is 50.2 Å². The molecule has 1 N–H and O–H groups in total. The number of ether oxygens (including phenoxy) is 3. The number of halogens is 2. The van der Waals surface area contributed by atoms with Crippen LogP contribution in [0.4, 0.5) is 14.5 Å². The van der Waals surface area contributed by atoms with Crippen LogP contribution in [0.1, 0.15) is 19.4 Å². The number of nitriles is 1. The summed E-state index contributed by atoms with van der Waals surface area (Å²) in [5.74, 6) is -1.39. The van der Waals surface area contributed by atoms with E-state index in [4.69, 9.17) is 14.7 Å². The highest BCUT2D eigenvalue weighted by Gasteiger charge is 2.24. The number of alkyl halides is 2. The summed E-state index contributed by atoms with van der Waals surface area (Å²) in [4.78, 5) is 24.4. The Morgan fingerprint density at radius 1 is 1.00 bits per heavy atom. The first-order valence-corrected chi connectivity index (χ1v) is 8.52. The molecular formula is C20H18F2N2O5. The molecule has 2 atom stereocenters. The average molecular weight is 404 g/mol. The first kappa shape index (κ1) is 21.6. The number of amides is 1. The maximum absolute atomic E-state index is 12.4. The molecule has 0 heterocycles. The molecule has 2 aromatic carbocycles. The molecule has 0 aliphatic rings. The van der Waals surface area contributed by atoms with E-state index in [1.54, 1.807) is 0 Å². The Hall–Kier alpha value is -3.67. The lowest BCUT2D eigenvalue weighted by molar-refractivity contribution is -0.159. The van der Waals surface area contributed by atoms with Gasteiger partial charge in [0.05, 0.1) is 17.3 Å². The van der Waals surface area contributed by atoms with Crippen LogP contribution in [0.25, 0.3) is 0 Å². The Labute approximate surface area is 165 Å². The maximum atomic E-state index is 12.4. The van der Waals surface area contributed by atoms with Crippen molar-refractivity contribution in [2.24, 2.45) is 0 Å². The molecule has 0 aliphatic heterocycles. The predicted octanol–water partition coefficient (Wildman–Crippen LogP) is 3.50. The molecule has 0 fully saturated rings. The third-order valence-corrected chi connectivity index (χ3v) is 3.65. The van der Waals surface area contributed by atoms with Gasteiger partial charge in [0.1, 0.15) is 11.5 Å². The van der Waals surface area contributed by atoms with Gasteiger partial charge in [-0.1, -0.05) is 12.1 Å². The highest BCUT2D eigenvalue weighted by atomic mass is 19.3. The molecule has 2 unspecified atom stereocenters. The van der Waals surface area contributed by atoms with Crippen molar-refractivity contribution in [3.05, 3.63) is 54.1 Å². The summed E-state index contributed by atoms with van der Waals surface area (Å²) in [6.07, 6.45) is -2.23. The molecule has 2 rings (SSSR count). The number of esters is 1. The van der Waals surface area contributed by atoms with Crippen LogP contribution in [0.5, 0.6) is 11.5 Å². The second-order valence-corrected chi connectivity index (χ2v) is 5.84. The van der Waals surface area contributed by atoms with Crippen LogP contribution in [0.15, 0.2) is 48.5 Å². The fourth-order valence-electron chi connectivity index (χ4n) is 2.19. The van der Waals surface area contributed by atoms with Gasteiger partial charge in [-0.15, -0.1) is 0 Å². The number of carbonyl (C=O) groups excluding carboxylic acids is 2. The van der Waals surface area contributed by atoms with Crippen molar-refractivity contribution in [3.8, 4) is 17.6 Å². The number of anilines is 1. The molecule has 0 saturated carbocycles. The summed E-state index contributed by atoms with van der Waals surface area (Å²) in [6, 6.07) is 13.7. The molecule has 0 aromatic heterocycles.